The predicted octanol–water partition coefficient (Wildman–Crippen LogP) is 4.23. The molecule has 2 aromatic heterocycles. The van der Waals surface area contributed by atoms with Gasteiger partial charge in [-0.2, -0.15) is 13.9 Å². The van der Waals surface area contributed by atoms with Crippen LogP contribution in [0.1, 0.15) is 12.6 Å². The number of alkyl halides is 2. The van der Waals surface area contributed by atoms with E-state index in [0.717, 1.165) is 13.0 Å². The van der Waals surface area contributed by atoms with Crippen molar-refractivity contribution in [2.45, 2.75) is 17.7 Å². The Morgan fingerprint density at radius 3 is 2.26 bits per heavy atom. The highest BCUT2D eigenvalue weighted by Crippen LogP contribution is 2.38. The molecule has 4 aromatic rings. The van der Waals surface area contributed by atoms with Crippen molar-refractivity contribution in [1.29, 1.82) is 0 Å². The summed E-state index contributed by atoms with van der Waals surface area (Å²) in [6.07, 6.45) is 0. The van der Waals surface area contributed by atoms with Gasteiger partial charge in [-0.25, -0.2) is 8.42 Å². The molecule has 186 valence electrons. The molecule has 0 saturated carbocycles. The summed E-state index contributed by atoms with van der Waals surface area (Å²) < 4.78 is 76.8. The highest BCUT2D eigenvalue weighted by Gasteiger charge is 2.28. The van der Waals surface area contributed by atoms with Gasteiger partial charge in [-0.3, -0.25) is 9.82 Å². The molecule has 11 nitrogen and oxygen atoms in total. The van der Waals surface area contributed by atoms with Crippen molar-refractivity contribution in [3.8, 4) is 17.2 Å². The number of rotatable bonds is 9. The Hall–Kier alpha value is -4.07. The number of nitrogens with one attached hydrogen (secondary N) is 3. The lowest BCUT2D eigenvalue weighted by atomic mass is 10.2. The first-order valence-electron chi connectivity index (χ1n) is 9.99. The summed E-state index contributed by atoms with van der Waals surface area (Å²) in [6, 6.07) is 8.66. The second kappa shape index (κ2) is 8.94. The Morgan fingerprint density at radius 2 is 1.69 bits per heavy atom. The molecule has 0 spiro atoms. The SMILES string of the molecule is COc1cc2c(NS(=O)(=O)c3c(OC)cccc3OC)noc2cc1Nc1cc(C(C)(F)F)[nH]n1. The molecule has 4 rings (SSSR count). The van der Waals surface area contributed by atoms with Crippen LogP contribution in [0.25, 0.3) is 11.0 Å². The topological polar surface area (TPSA) is 141 Å². The Kier molecular flexibility index (Phi) is 6.15. The van der Waals surface area contributed by atoms with E-state index < -0.39 is 15.9 Å². The van der Waals surface area contributed by atoms with E-state index in [9.17, 15) is 17.2 Å². The molecule has 0 fully saturated rings. The van der Waals surface area contributed by atoms with Crippen LogP contribution in [-0.4, -0.2) is 45.1 Å². The van der Waals surface area contributed by atoms with Crippen LogP contribution in [0, 0.1) is 0 Å². The quantitative estimate of drug-likeness (QED) is 0.302. The van der Waals surface area contributed by atoms with Crippen molar-refractivity contribution < 1.29 is 35.9 Å². The molecule has 0 atom stereocenters. The Labute approximate surface area is 198 Å². The minimum atomic E-state index is -4.21. The normalized spacial score (nSPS) is 11.9. The van der Waals surface area contributed by atoms with E-state index in [0.29, 0.717) is 5.69 Å². The Morgan fingerprint density at radius 1 is 1.03 bits per heavy atom. The molecule has 35 heavy (non-hydrogen) atoms. The summed E-state index contributed by atoms with van der Waals surface area (Å²) in [7, 11) is -0.153. The molecule has 14 heteroatoms. The Balaban J connectivity index is 1.70. The highest BCUT2D eigenvalue weighted by molar-refractivity contribution is 7.93. The van der Waals surface area contributed by atoms with Crippen molar-refractivity contribution in [1.82, 2.24) is 15.4 Å². The van der Waals surface area contributed by atoms with E-state index in [1.54, 1.807) is 6.07 Å². The molecule has 0 aliphatic carbocycles. The molecule has 0 aliphatic rings. The maximum atomic E-state index is 13.5. The van der Waals surface area contributed by atoms with Crippen LogP contribution in [0.5, 0.6) is 17.2 Å². The van der Waals surface area contributed by atoms with Crippen molar-refractivity contribution in [3.05, 3.63) is 42.1 Å². The minimum absolute atomic E-state index is 0.0738. The zero-order valence-corrected chi connectivity index (χ0v) is 19.8. The Bertz CT molecular complexity index is 1460. The van der Waals surface area contributed by atoms with Gasteiger partial charge in [0.15, 0.2) is 22.1 Å². The highest BCUT2D eigenvalue weighted by atomic mass is 32.2. The van der Waals surface area contributed by atoms with Gasteiger partial charge in [0, 0.05) is 19.1 Å². The van der Waals surface area contributed by atoms with Crippen molar-refractivity contribution >= 4 is 38.3 Å². The fourth-order valence-electron chi connectivity index (χ4n) is 3.31. The van der Waals surface area contributed by atoms with Crippen LogP contribution in [0.15, 0.2) is 45.8 Å². The maximum absolute atomic E-state index is 13.5. The predicted molar refractivity (Wildman–Crippen MR) is 122 cm³/mol. The smallest absolute Gasteiger partial charge is 0.286 e. The van der Waals surface area contributed by atoms with Crippen LogP contribution in [-0.2, 0) is 15.9 Å². The summed E-state index contributed by atoms with van der Waals surface area (Å²) in [6.45, 7) is 0.745. The number of hydrogen-bond donors (Lipinski definition) is 3. The number of nitrogens with zero attached hydrogens (tertiary/aromatic N) is 2. The molecule has 0 unspecified atom stereocenters. The van der Waals surface area contributed by atoms with Gasteiger partial charge < -0.3 is 24.1 Å². The lowest BCUT2D eigenvalue weighted by molar-refractivity contribution is 0.0127. The summed E-state index contributed by atoms with van der Waals surface area (Å²) in [5, 5.41) is 13.1. The third-order valence-electron chi connectivity index (χ3n) is 4.99. The van der Waals surface area contributed by atoms with Gasteiger partial charge in [0.05, 0.1) is 32.4 Å². The first-order chi connectivity index (χ1) is 16.6. The molecular weight excluding hydrogens is 488 g/mol. The number of aromatic nitrogens is 3. The average Bonchev–Trinajstić information content (AvgIpc) is 3.44. The summed E-state index contributed by atoms with van der Waals surface area (Å²) >= 11 is 0. The van der Waals surface area contributed by atoms with Crippen LogP contribution < -0.4 is 24.2 Å². The second-order valence-corrected chi connectivity index (χ2v) is 8.98. The molecule has 0 aliphatic heterocycles. The second-order valence-electron chi connectivity index (χ2n) is 7.36. The number of ether oxygens (including phenoxy) is 3. The number of H-pyrrole nitrogens is 1. The fourth-order valence-corrected chi connectivity index (χ4v) is 4.65. The zero-order chi connectivity index (χ0) is 25.4. The summed E-state index contributed by atoms with van der Waals surface area (Å²) in [4.78, 5) is -0.214. The van der Waals surface area contributed by atoms with Gasteiger partial charge in [0.2, 0.25) is 0 Å². The van der Waals surface area contributed by atoms with E-state index in [1.165, 1.54) is 45.6 Å². The van der Waals surface area contributed by atoms with Gasteiger partial charge in [-0.1, -0.05) is 11.2 Å². The average molecular weight is 509 g/mol. The minimum Gasteiger partial charge on any atom is -0.495 e. The number of benzene rings is 2. The third-order valence-corrected chi connectivity index (χ3v) is 6.39. The maximum Gasteiger partial charge on any atom is 0.286 e. The van der Waals surface area contributed by atoms with Gasteiger partial charge in [0.25, 0.3) is 15.9 Å². The van der Waals surface area contributed by atoms with Crippen molar-refractivity contribution in [2.24, 2.45) is 0 Å². The van der Waals surface area contributed by atoms with Crippen molar-refractivity contribution in [3.63, 3.8) is 0 Å². The van der Waals surface area contributed by atoms with Gasteiger partial charge in [0.1, 0.15) is 22.9 Å². The molecular formula is C21H21F2N5O6S. The number of fused-ring (bicyclic) bond motifs is 1. The first-order valence-corrected chi connectivity index (χ1v) is 11.5. The fraction of sp³-hybridized carbons (Fsp3) is 0.238. The molecule has 0 amide bonds. The third kappa shape index (κ3) is 4.64. The molecule has 2 aromatic carbocycles. The number of sulfonamides is 1. The molecule has 3 N–H and O–H groups in total. The number of aromatic amines is 1. The molecule has 2 heterocycles. The number of hydrogen-bond acceptors (Lipinski definition) is 9. The molecule has 0 saturated heterocycles. The van der Waals surface area contributed by atoms with E-state index in [1.807, 2.05) is 0 Å². The van der Waals surface area contributed by atoms with E-state index in [2.05, 4.69) is 25.4 Å². The number of methoxy groups -OCH3 is 3. The molecule has 0 radical (unpaired) electrons. The lowest BCUT2D eigenvalue weighted by Gasteiger charge is -2.14. The largest absolute Gasteiger partial charge is 0.495 e. The van der Waals surface area contributed by atoms with Crippen molar-refractivity contribution in [2.75, 3.05) is 31.4 Å². The van der Waals surface area contributed by atoms with Crippen LogP contribution >= 0.6 is 0 Å². The van der Waals surface area contributed by atoms with Gasteiger partial charge >= 0.3 is 0 Å². The monoisotopic (exact) mass is 509 g/mol. The van der Waals surface area contributed by atoms with E-state index >= 15 is 0 Å². The summed E-state index contributed by atoms with van der Waals surface area (Å²) in [5.74, 6) is -2.69. The number of anilines is 3. The van der Waals surface area contributed by atoms with Gasteiger partial charge in [-0.05, 0) is 18.2 Å². The zero-order valence-electron chi connectivity index (χ0n) is 19.0. The first kappa shape index (κ1) is 24.1. The van der Waals surface area contributed by atoms with E-state index in [-0.39, 0.29) is 50.4 Å². The van der Waals surface area contributed by atoms with E-state index in [4.69, 9.17) is 18.7 Å². The number of halogens is 2. The van der Waals surface area contributed by atoms with Crippen LogP contribution in [0.2, 0.25) is 0 Å². The van der Waals surface area contributed by atoms with Crippen LogP contribution in [0.4, 0.5) is 26.1 Å². The standard InChI is InChI=1S/C21H21F2N5O6S/c1-21(22,23)17-10-18(26-25-17)24-12-9-15-11(8-16(12)33-4)20(27-34-15)28-35(29,30)19-13(31-2)6-5-7-14(19)32-3/h5-10H,1-4H3,(H,27,28)(H2,24,25,26). The summed E-state index contributed by atoms with van der Waals surface area (Å²) in [5.41, 5.74) is 0.146. The molecule has 0 bridgehead atoms. The van der Waals surface area contributed by atoms with Gasteiger partial charge in [-0.15, -0.1) is 0 Å². The van der Waals surface area contributed by atoms with Crippen LogP contribution in [0.3, 0.4) is 0 Å². The lowest BCUT2D eigenvalue weighted by Crippen LogP contribution is -2.15.